The molecule has 1 saturated heterocycles. The minimum Gasteiger partial charge on any atom is -0.481 e. The Labute approximate surface area is 479 Å². The number of carbonyl (C=O) groups excluding carboxylic acids is 6. The lowest BCUT2D eigenvalue weighted by Crippen LogP contribution is -2.64. The van der Waals surface area contributed by atoms with Crippen LogP contribution in [-0.2, 0) is 41.7 Å². The van der Waals surface area contributed by atoms with E-state index in [1.807, 2.05) is 103 Å². The number of carboxylic acid groups (broad SMARTS) is 1. The average molecular weight is 1130 g/mol. The summed E-state index contributed by atoms with van der Waals surface area (Å²) in [4.78, 5) is 98.4. The second kappa shape index (κ2) is 31.9. The van der Waals surface area contributed by atoms with Gasteiger partial charge in [-0.15, -0.1) is 11.3 Å². The van der Waals surface area contributed by atoms with Crippen molar-refractivity contribution >= 4 is 58.6 Å². The third-order valence-electron chi connectivity index (χ3n) is 15.7. The lowest BCUT2D eigenvalue weighted by Gasteiger charge is -2.48. The zero-order valence-electron chi connectivity index (χ0n) is 49.8. The molecule has 9 N–H and O–H groups in total. The summed E-state index contributed by atoms with van der Waals surface area (Å²) in [5.41, 5.74) is 8.03. The third kappa shape index (κ3) is 20.5. The number of ether oxygens (including phenoxy) is 1. The van der Waals surface area contributed by atoms with Crippen molar-refractivity contribution in [3.63, 3.8) is 0 Å². The molecule has 2 aromatic carbocycles. The largest absolute Gasteiger partial charge is 0.481 e. The molecule has 80 heavy (non-hydrogen) atoms. The summed E-state index contributed by atoms with van der Waals surface area (Å²) >= 11 is 1.20. The number of aliphatic carboxylic acids is 1. The Kier molecular flexibility index (Phi) is 26.5. The van der Waals surface area contributed by atoms with Crippen LogP contribution in [0.1, 0.15) is 160 Å². The first-order valence-electron chi connectivity index (χ1n) is 28.8. The number of primary amides is 1. The fourth-order valence-corrected chi connectivity index (χ4v) is 11.9. The molecule has 19 nitrogen and oxygen atoms in total. The molecule has 4 rings (SSSR count). The molecule has 0 aliphatic carbocycles. The van der Waals surface area contributed by atoms with Crippen molar-refractivity contribution in [2.75, 3.05) is 32.5 Å². The van der Waals surface area contributed by atoms with E-state index in [1.54, 1.807) is 17.2 Å². The number of anilines is 1. The Hall–Kier alpha value is -5.96. The maximum absolute atomic E-state index is 15.0. The Morgan fingerprint density at radius 3 is 2.11 bits per heavy atom. The smallest absolute Gasteiger partial charge is 0.312 e. The minimum absolute atomic E-state index is 0.0197. The number of aromatic nitrogens is 1. The number of esters is 1. The van der Waals surface area contributed by atoms with Gasteiger partial charge in [0.25, 0.3) is 5.91 Å². The van der Waals surface area contributed by atoms with E-state index in [1.165, 1.54) is 18.3 Å². The van der Waals surface area contributed by atoms with Gasteiger partial charge in [0.15, 0.2) is 6.10 Å². The number of likely N-dealkylation sites (tertiary alicyclic amines) is 1. The first kappa shape index (κ1) is 66.6. The SMILES string of the molecule is CC[C@H](C)[C@H](NC(C)[C@H]1CCCC[N+]1(C)Cc1ccc(NC(=O)[C@H](CCCNC(N)=O)NC(=O)[C@@H](NC(C)C)C(C)C)cc1)C(=O)N(C)[C@H](C[C@@H](OC(C)=O)c1nc(C(=O)N[C@@H](Cc2ccccc2)C[C@H](C)C(=O)O)cs1)C(C)C. The summed E-state index contributed by atoms with van der Waals surface area (Å²) in [6.07, 6.45) is 4.58. The fraction of sp³-hybridized carbons (Fsp3) is 0.633. The molecule has 2 heterocycles. The number of nitrogens with zero attached hydrogens (tertiary/aromatic N) is 3. The van der Waals surface area contributed by atoms with Crippen LogP contribution in [-0.4, -0.2) is 137 Å². The second-order valence-electron chi connectivity index (χ2n) is 23.5. The summed E-state index contributed by atoms with van der Waals surface area (Å²) in [5.74, 6) is -3.42. The van der Waals surface area contributed by atoms with Crippen molar-refractivity contribution in [3.8, 4) is 0 Å². The monoisotopic (exact) mass is 1130 g/mol. The highest BCUT2D eigenvalue weighted by Crippen LogP contribution is 2.33. The van der Waals surface area contributed by atoms with Crippen LogP contribution in [0.4, 0.5) is 10.5 Å². The van der Waals surface area contributed by atoms with Gasteiger partial charge < -0.3 is 51.5 Å². The van der Waals surface area contributed by atoms with Crippen LogP contribution in [0.25, 0.3) is 0 Å². The summed E-state index contributed by atoms with van der Waals surface area (Å²) in [6.45, 7) is 23.1. The molecule has 0 spiro atoms. The number of nitrogens with two attached hydrogens (primary N) is 1. The van der Waals surface area contributed by atoms with Crippen molar-refractivity contribution in [1.29, 1.82) is 0 Å². The molecule has 0 bridgehead atoms. The van der Waals surface area contributed by atoms with Crippen LogP contribution in [0.2, 0.25) is 0 Å². The van der Waals surface area contributed by atoms with Gasteiger partial charge in [-0.2, -0.15) is 0 Å². The summed E-state index contributed by atoms with van der Waals surface area (Å²) in [7, 11) is 4.09. The molecule has 1 aliphatic heterocycles. The summed E-state index contributed by atoms with van der Waals surface area (Å²) < 4.78 is 6.67. The molecule has 11 atom stereocenters. The molecule has 0 saturated carbocycles. The first-order chi connectivity index (χ1) is 37.7. The van der Waals surface area contributed by atoms with Crippen molar-refractivity contribution in [3.05, 3.63) is 81.8 Å². The zero-order valence-corrected chi connectivity index (χ0v) is 50.6. The number of hydrogen-bond acceptors (Lipinski definition) is 12. The molecule has 444 valence electrons. The van der Waals surface area contributed by atoms with E-state index < -0.39 is 60.1 Å². The lowest BCUT2D eigenvalue weighted by molar-refractivity contribution is -0.952. The standard InChI is InChI=1S/C60H94N10O9S/c1-14-39(8)53(58(75)69(12)49(36(2)3)33-51(79-42(11)71)57-68-48(35-80-57)55(73)66-46(31-40(9)59(76)77)32-43-21-16-15-17-22-43)64-41(10)50-24-18-19-30-70(50,13)34-44-25-27-45(28-26-44)65-54(72)47(23-20-29-62-60(61)78)67-56(74)52(37(4)5)63-38(6)7/h15-17,21-22,25-28,35-41,46-47,49-53,63-64H,14,18-20,23-24,29-34H2,1-13H3,(H6-,61,62,65,66,67,72,73,74,76,77,78)/p+1/t39-,40-,41?,46+,47-,49+,50+,51+,52-,53-,70?/m0/s1. The number of carboxylic acids is 1. The van der Waals surface area contributed by atoms with Gasteiger partial charge in [-0.3, -0.25) is 34.1 Å². The molecule has 0 radical (unpaired) electrons. The number of carbonyl (C=O) groups is 7. The summed E-state index contributed by atoms with van der Waals surface area (Å²) in [5, 5.41) is 30.4. The van der Waals surface area contributed by atoms with E-state index in [2.05, 4.69) is 64.7 Å². The first-order valence-corrected chi connectivity index (χ1v) is 29.7. The van der Waals surface area contributed by atoms with Crippen LogP contribution in [0.15, 0.2) is 60.0 Å². The zero-order chi connectivity index (χ0) is 59.4. The second-order valence-corrected chi connectivity index (χ2v) is 24.4. The number of piperidine rings is 1. The number of amides is 6. The van der Waals surface area contributed by atoms with E-state index >= 15 is 4.79 Å². The Morgan fingerprint density at radius 1 is 0.850 bits per heavy atom. The van der Waals surface area contributed by atoms with E-state index in [0.29, 0.717) is 23.5 Å². The van der Waals surface area contributed by atoms with E-state index in [-0.39, 0.29) is 91.1 Å². The lowest BCUT2D eigenvalue weighted by atomic mass is 9.89. The maximum Gasteiger partial charge on any atom is 0.312 e. The van der Waals surface area contributed by atoms with Crippen LogP contribution >= 0.6 is 11.3 Å². The summed E-state index contributed by atoms with van der Waals surface area (Å²) in [6, 6.07) is 14.1. The van der Waals surface area contributed by atoms with Gasteiger partial charge in [-0.05, 0) is 80.9 Å². The number of likely N-dealkylation sites (N-methyl/N-ethyl adjacent to an activating group) is 2. The molecule has 2 unspecified atom stereocenters. The average Bonchev–Trinajstić information content (AvgIpc) is 3.93. The predicted octanol–water partition coefficient (Wildman–Crippen LogP) is 7.56. The van der Waals surface area contributed by atoms with Crippen molar-refractivity contribution < 1.29 is 47.9 Å². The number of thiazole rings is 1. The van der Waals surface area contributed by atoms with E-state index in [4.69, 9.17) is 10.5 Å². The van der Waals surface area contributed by atoms with Gasteiger partial charge in [0.05, 0.1) is 37.6 Å². The molecule has 1 aliphatic rings. The topological polar surface area (TPSA) is 263 Å². The van der Waals surface area contributed by atoms with Crippen molar-refractivity contribution in [2.45, 2.75) is 195 Å². The van der Waals surface area contributed by atoms with Gasteiger partial charge >= 0.3 is 18.0 Å². The Morgan fingerprint density at radius 2 is 1.52 bits per heavy atom. The Bertz CT molecular complexity index is 2470. The normalized spacial score (nSPS) is 18.9. The number of quaternary nitrogens is 1. The van der Waals surface area contributed by atoms with Gasteiger partial charge in [0.1, 0.15) is 29.3 Å². The number of benzene rings is 2. The number of rotatable bonds is 32. The van der Waals surface area contributed by atoms with Gasteiger partial charge in [0.2, 0.25) is 17.7 Å². The van der Waals surface area contributed by atoms with Gasteiger partial charge in [-0.1, -0.05) is 111 Å². The highest BCUT2D eigenvalue weighted by molar-refractivity contribution is 7.09. The van der Waals surface area contributed by atoms with Crippen LogP contribution in [0.5, 0.6) is 0 Å². The third-order valence-corrected chi connectivity index (χ3v) is 16.6. The number of urea groups is 1. The molecular formula is C60H95N10O9S+. The molecule has 6 amide bonds. The molecule has 1 fully saturated rings. The van der Waals surface area contributed by atoms with Gasteiger partial charge in [-0.25, -0.2) is 9.78 Å². The van der Waals surface area contributed by atoms with Crippen molar-refractivity contribution in [2.24, 2.45) is 29.4 Å². The van der Waals surface area contributed by atoms with Crippen LogP contribution < -0.4 is 37.6 Å². The molecule has 20 heteroatoms. The number of hydrogen-bond donors (Lipinski definition) is 8. The van der Waals surface area contributed by atoms with Gasteiger partial charge in [0, 0.05) is 68.1 Å². The molecule has 1 aromatic heterocycles. The molecule has 3 aromatic rings. The predicted molar refractivity (Wildman–Crippen MR) is 314 cm³/mol. The maximum atomic E-state index is 15.0. The Balaban J connectivity index is 1.49. The van der Waals surface area contributed by atoms with Crippen LogP contribution in [0.3, 0.4) is 0 Å². The molecular weight excluding hydrogens is 1040 g/mol. The highest BCUT2D eigenvalue weighted by Gasteiger charge is 2.42. The minimum atomic E-state index is -0.952. The quantitative estimate of drug-likeness (QED) is 0.0171. The fourth-order valence-electron chi connectivity index (χ4n) is 11.0. The highest BCUT2D eigenvalue weighted by atomic mass is 32.1. The van der Waals surface area contributed by atoms with E-state index in [0.717, 1.165) is 54.4 Å². The van der Waals surface area contributed by atoms with E-state index in [9.17, 15) is 33.9 Å². The number of nitrogens with one attached hydrogen (secondary N) is 6. The van der Waals surface area contributed by atoms with Crippen molar-refractivity contribution in [1.82, 2.24) is 36.5 Å². The van der Waals surface area contributed by atoms with Crippen LogP contribution in [0, 0.1) is 23.7 Å².